The summed E-state index contributed by atoms with van der Waals surface area (Å²) in [5, 5.41) is 7.92. The fraction of sp³-hybridized carbons (Fsp3) is 0.158. The predicted octanol–water partition coefficient (Wildman–Crippen LogP) is 1.87. The van der Waals surface area contributed by atoms with E-state index >= 15 is 0 Å². The molecule has 0 aliphatic rings. The fourth-order valence-electron chi connectivity index (χ4n) is 2.67. The number of thiazole rings is 1. The van der Waals surface area contributed by atoms with Crippen LogP contribution >= 0.6 is 11.3 Å². The molecule has 0 bridgehead atoms. The van der Waals surface area contributed by atoms with E-state index in [0.717, 1.165) is 16.9 Å². The molecule has 0 radical (unpaired) electrons. The van der Waals surface area contributed by atoms with Crippen LogP contribution in [-0.4, -0.2) is 34.3 Å². The number of rotatable bonds is 8. The van der Waals surface area contributed by atoms with Gasteiger partial charge in [0, 0.05) is 6.54 Å². The first-order valence-corrected chi connectivity index (χ1v) is 12.9. The van der Waals surface area contributed by atoms with Crippen molar-refractivity contribution in [1.29, 1.82) is 0 Å². The summed E-state index contributed by atoms with van der Waals surface area (Å²) in [6, 6.07) is 13.9. The molecule has 2 aromatic carbocycles. The Morgan fingerprint density at radius 3 is 2.26 bits per heavy atom. The first-order valence-electron chi connectivity index (χ1n) is 9.01. The standard InChI is InChI=1S/C19H20N4O5S3/c1-13-17(29-19(22-13)23-31(27,28)16-5-3-2-4-6-16)18(24)21-12-11-14-7-9-15(10-8-14)30(20,25)26/h2-10H,11-12H2,1H3,(H,21,24)(H,22,23)(H2,20,25,26). The molecule has 12 heteroatoms. The summed E-state index contributed by atoms with van der Waals surface area (Å²) in [5.74, 6) is -0.374. The summed E-state index contributed by atoms with van der Waals surface area (Å²) in [6.07, 6.45) is 0.474. The second-order valence-corrected chi connectivity index (χ2v) is 10.8. The van der Waals surface area contributed by atoms with Gasteiger partial charge in [-0.1, -0.05) is 41.7 Å². The first-order chi connectivity index (χ1) is 14.6. The van der Waals surface area contributed by atoms with Crippen LogP contribution in [0, 0.1) is 6.92 Å². The molecule has 1 aromatic heterocycles. The van der Waals surface area contributed by atoms with E-state index in [4.69, 9.17) is 5.14 Å². The molecular formula is C19H20N4O5S3. The summed E-state index contributed by atoms with van der Waals surface area (Å²) in [5.41, 5.74) is 1.23. The Kier molecular flexibility index (Phi) is 6.74. The van der Waals surface area contributed by atoms with Crippen LogP contribution in [0.4, 0.5) is 5.13 Å². The number of hydrogen-bond acceptors (Lipinski definition) is 7. The zero-order chi connectivity index (χ0) is 22.6. The van der Waals surface area contributed by atoms with Gasteiger partial charge in [-0.2, -0.15) is 0 Å². The van der Waals surface area contributed by atoms with Gasteiger partial charge in [0.1, 0.15) is 4.88 Å². The number of anilines is 1. The molecule has 164 valence electrons. The summed E-state index contributed by atoms with van der Waals surface area (Å²) in [7, 11) is -7.54. The van der Waals surface area contributed by atoms with Crippen LogP contribution < -0.4 is 15.2 Å². The van der Waals surface area contributed by atoms with Crippen LogP contribution in [0.1, 0.15) is 20.9 Å². The molecule has 3 aromatic rings. The highest BCUT2D eigenvalue weighted by molar-refractivity contribution is 7.93. The van der Waals surface area contributed by atoms with Crippen LogP contribution in [0.3, 0.4) is 0 Å². The summed E-state index contributed by atoms with van der Waals surface area (Å²) in [6.45, 7) is 1.92. The largest absolute Gasteiger partial charge is 0.351 e. The predicted molar refractivity (Wildman–Crippen MR) is 118 cm³/mol. The number of aromatic nitrogens is 1. The van der Waals surface area contributed by atoms with Crippen molar-refractivity contribution in [2.75, 3.05) is 11.3 Å². The second-order valence-electron chi connectivity index (χ2n) is 6.55. The second kappa shape index (κ2) is 9.14. The average Bonchev–Trinajstić information content (AvgIpc) is 3.07. The Morgan fingerprint density at radius 2 is 1.65 bits per heavy atom. The van der Waals surface area contributed by atoms with Gasteiger partial charge in [0.25, 0.3) is 15.9 Å². The fourth-order valence-corrected chi connectivity index (χ4v) is 5.32. The van der Waals surface area contributed by atoms with Crippen LogP contribution in [0.5, 0.6) is 0 Å². The van der Waals surface area contributed by atoms with Gasteiger partial charge in [-0.3, -0.25) is 9.52 Å². The minimum Gasteiger partial charge on any atom is -0.351 e. The van der Waals surface area contributed by atoms with Gasteiger partial charge in [-0.05, 0) is 43.2 Å². The van der Waals surface area contributed by atoms with Gasteiger partial charge >= 0.3 is 0 Å². The molecule has 3 rings (SSSR count). The molecule has 1 amide bonds. The Labute approximate surface area is 184 Å². The van der Waals surface area contributed by atoms with E-state index in [0.29, 0.717) is 23.5 Å². The maximum absolute atomic E-state index is 12.5. The van der Waals surface area contributed by atoms with Crippen molar-refractivity contribution < 1.29 is 21.6 Å². The molecule has 1 heterocycles. The lowest BCUT2D eigenvalue weighted by atomic mass is 10.1. The van der Waals surface area contributed by atoms with Crippen molar-refractivity contribution in [3.05, 3.63) is 70.7 Å². The number of amides is 1. The maximum atomic E-state index is 12.5. The van der Waals surface area contributed by atoms with Crippen molar-refractivity contribution in [2.24, 2.45) is 5.14 Å². The van der Waals surface area contributed by atoms with Crippen LogP contribution in [-0.2, 0) is 26.5 Å². The lowest BCUT2D eigenvalue weighted by Gasteiger charge is -2.05. The molecule has 0 saturated carbocycles. The number of benzene rings is 2. The monoisotopic (exact) mass is 480 g/mol. The number of carbonyl (C=O) groups excluding carboxylic acids is 1. The maximum Gasteiger partial charge on any atom is 0.263 e. The van der Waals surface area contributed by atoms with Crippen molar-refractivity contribution >= 4 is 42.4 Å². The third-order valence-electron chi connectivity index (χ3n) is 4.23. The van der Waals surface area contributed by atoms with Gasteiger partial charge in [-0.15, -0.1) is 0 Å². The van der Waals surface area contributed by atoms with E-state index in [-0.39, 0.29) is 20.8 Å². The van der Waals surface area contributed by atoms with Gasteiger partial charge in [0.15, 0.2) is 5.13 Å². The highest BCUT2D eigenvalue weighted by Crippen LogP contribution is 2.25. The molecule has 9 nitrogen and oxygen atoms in total. The molecule has 0 unspecified atom stereocenters. The van der Waals surface area contributed by atoms with Crippen molar-refractivity contribution in [1.82, 2.24) is 10.3 Å². The van der Waals surface area contributed by atoms with Crippen molar-refractivity contribution in [2.45, 2.75) is 23.1 Å². The smallest absolute Gasteiger partial charge is 0.263 e. The van der Waals surface area contributed by atoms with Gasteiger partial charge < -0.3 is 5.32 Å². The van der Waals surface area contributed by atoms with E-state index in [2.05, 4.69) is 15.0 Å². The third kappa shape index (κ3) is 5.88. The van der Waals surface area contributed by atoms with E-state index in [1.165, 1.54) is 24.3 Å². The van der Waals surface area contributed by atoms with E-state index in [9.17, 15) is 21.6 Å². The zero-order valence-electron chi connectivity index (χ0n) is 16.4. The molecule has 31 heavy (non-hydrogen) atoms. The number of nitrogens with one attached hydrogen (secondary N) is 2. The summed E-state index contributed by atoms with van der Waals surface area (Å²) in [4.78, 5) is 17.0. The number of carbonyl (C=O) groups is 1. The molecule has 0 fully saturated rings. The Hall–Kier alpha value is -2.80. The van der Waals surface area contributed by atoms with Gasteiger partial charge in [0.2, 0.25) is 10.0 Å². The minimum absolute atomic E-state index is 0.0195. The SMILES string of the molecule is Cc1nc(NS(=O)(=O)c2ccccc2)sc1C(=O)NCCc1ccc(S(N)(=O)=O)cc1. The quantitative estimate of drug-likeness (QED) is 0.448. The lowest BCUT2D eigenvalue weighted by Crippen LogP contribution is -2.25. The summed E-state index contributed by atoms with van der Waals surface area (Å²) >= 11 is 0.946. The van der Waals surface area contributed by atoms with Crippen molar-refractivity contribution in [3.63, 3.8) is 0 Å². The van der Waals surface area contributed by atoms with E-state index in [1.807, 2.05) is 0 Å². The van der Waals surface area contributed by atoms with Crippen LogP contribution in [0.25, 0.3) is 0 Å². The molecule has 0 aliphatic heterocycles. The zero-order valence-corrected chi connectivity index (χ0v) is 18.9. The van der Waals surface area contributed by atoms with E-state index in [1.54, 1.807) is 37.3 Å². The molecular weight excluding hydrogens is 460 g/mol. The van der Waals surface area contributed by atoms with Gasteiger partial charge in [-0.25, -0.2) is 27.0 Å². The number of aryl methyl sites for hydroxylation is 1. The topological polar surface area (TPSA) is 148 Å². The highest BCUT2D eigenvalue weighted by Gasteiger charge is 2.20. The van der Waals surface area contributed by atoms with Crippen LogP contribution in [0.2, 0.25) is 0 Å². The minimum atomic E-state index is -3.80. The first kappa shape index (κ1) is 22.9. The van der Waals surface area contributed by atoms with Gasteiger partial charge in [0.05, 0.1) is 15.5 Å². The number of primary sulfonamides is 1. The van der Waals surface area contributed by atoms with E-state index < -0.39 is 20.0 Å². The number of nitrogens with zero attached hydrogens (tertiary/aromatic N) is 1. The number of sulfonamides is 2. The molecule has 4 N–H and O–H groups in total. The lowest BCUT2D eigenvalue weighted by molar-refractivity contribution is 0.0957. The highest BCUT2D eigenvalue weighted by atomic mass is 32.2. The number of hydrogen-bond donors (Lipinski definition) is 3. The Morgan fingerprint density at radius 1 is 1.00 bits per heavy atom. The normalized spacial score (nSPS) is 11.8. The molecule has 0 atom stereocenters. The molecule has 0 aliphatic carbocycles. The van der Waals surface area contributed by atoms with Crippen LogP contribution in [0.15, 0.2) is 64.4 Å². The summed E-state index contributed by atoms with van der Waals surface area (Å²) < 4.78 is 49.8. The van der Waals surface area contributed by atoms with Crippen molar-refractivity contribution in [3.8, 4) is 0 Å². The Bertz CT molecular complexity index is 1290. The molecule has 0 saturated heterocycles. The number of nitrogens with two attached hydrogens (primary N) is 1. The molecule has 0 spiro atoms. The average molecular weight is 481 g/mol. The Balaban J connectivity index is 1.61. The third-order valence-corrected chi connectivity index (χ3v) is 7.71.